The van der Waals surface area contributed by atoms with E-state index in [2.05, 4.69) is 5.32 Å². The van der Waals surface area contributed by atoms with Crippen molar-refractivity contribution in [3.05, 3.63) is 102 Å². The van der Waals surface area contributed by atoms with E-state index in [0.29, 0.717) is 22.2 Å². The molecule has 2 heterocycles. The third-order valence-electron chi connectivity index (χ3n) is 8.10. The lowest BCUT2D eigenvalue weighted by atomic mass is 9.77. The number of benzene rings is 3. The Morgan fingerprint density at radius 3 is 2.14 bits per heavy atom. The van der Waals surface area contributed by atoms with E-state index in [1.54, 1.807) is 98.8 Å². The first-order valence-electron chi connectivity index (χ1n) is 14.2. The van der Waals surface area contributed by atoms with Gasteiger partial charge in [0.25, 0.3) is 17.7 Å². The van der Waals surface area contributed by atoms with E-state index in [1.165, 1.54) is 20.4 Å². The third kappa shape index (κ3) is 5.17. The summed E-state index contributed by atoms with van der Waals surface area (Å²) in [6, 6.07) is 24.0. The molecule has 1 aliphatic heterocycles. The van der Waals surface area contributed by atoms with Gasteiger partial charge in [0.2, 0.25) is 5.91 Å². The van der Waals surface area contributed by atoms with Crippen molar-refractivity contribution in [1.82, 2.24) is 14.8 Å². The number of carboxylic acids is 1. The summed E-state index contributed by atoms with van der Waals surface area (Å²) >= 11 is 0. The second kappa shape index (κ2) is 12.0. The Balaban J connectivity index is 1.64. The largest absolute Gasteiger partial charge is 0.480 e. The molecule has 11 nitrogen and oxygen atoms in total. The number of hydrogen-bond acceptors (Lipinski definition) is 5. The van der Waals surface area contributed by atoms with Crippen molar-refractivity contribution in [2.24, 2.45) is 11.7 Å². The first kappa shape index (κ1) is 30.0. The van der Waals surface area contributed by atoms with Crippen LogP contribution in [0, 0.1) is 5.92 Å². The van der Waals surface area contributed by atoms with Crippen LogP contribution < -0.4 is 16.0 Å². The molecule has 11 heteroatoms. The number of carbonyl (C=O) groups excluding carboxylic acids is 4. The minimum Gasteiger partial charge on any atom is -0.480 e. The molecular formula is C33H33N5O6. The summed E-state index contributed by atoms with van der Waals surface area (Å²) < 4.78 is 1.32. The molecule has 1 saturated heterocycles. The van der Waals surface area contributed by atoms with Gasteiger partial charge in [0.05, 0.1) is 0 Å². The van der Waals surface area contributed by atoms with Crippen LogP contribution in [-0.4, -0.2) is 63.3 Å². The first-order valence-corrected chi connectivity index (χ1v) is 14.2. The molecule has 1 aliphatic rings. The number of rotatable bonds is 9. The Hall–Kier alpha value is -5.45. The topological polar surface area (TPSA) is 155 Å². The fourth-order valence-electron chi connectivity index (χ4n) is 6.14. The molecule has 2 atom stereocenters. The normalized spacial score (nSPS) is 16.9. The quantitative estimate of drug-likeness (QED) is 0.253. The van der Waals surface area contributed by atoms with E-state index in [-0.39, 0.29) is 18.8 Å². The Morgan fingerprint density at radius 2 is 1.52 bits per heavy atom. The number of para-hydroxylation sites is 2. The Morgan fingerprint density at radius 1 is 0.909 bits per heavy atom. The van der Waals surface area contributed by atoms with Crippen LogP contribution in [0.15, 0.2) is 91.0 Å². The summed E-state index contributed by atoms with van der Waals surface area (Å²) in [5.41, 5.74) is 5.89. The molecule has 0 bridgehead atoms. The number of aromatic nitrogens is 1. The Kier molecular flexibility index (Phi) is 8.21. The van der Waals surface area contributed by atoms with Gasteiger partial charge < -0.3 is 30.5 Å². The summed E-state index contributed by atoms with van der Waals surface area (Å²) in [7, 11) is 0. The van der Waals surface area contributed by atoms with Gasteiger partial charge in [-0.25, -0.2) is 0 Å². The molecule has 0 aliphatic carbocycles. The van der Waals surface area contributed by atoms with E-state index in [0.717, 1.165) is 0 Å². The van der Waals surface area contributed by atoms with Gasteiger partial charge >= 0.3 is 5.97 Å². The molecule has 5 rings (SSSR count). The van der Waals surface area contributed by atoms with Crippen molar-refractivity contribution in [2.45, 2.75) is 32.0 Å². The summed E-state index contributed by atoms with van der Waals surface area (Å²) in [6.07, 6.45) is 0. The molecule has 3 aromatic carbocycles. The molecule has 4 N–H and O–H groups in total. The molecule has 0 radical (unpaired) electrons. The van der Waals surface area contributed by atoms with E-state index in [4.69, 9.17) is 5.73 Å². The summed E-state index contributed by atoms with van der Waals surface area (Å²) in [5.74, 6) is -4.79. The molecule has 4 aromatic rings. The van der Waals surface area contributed by atoms with Crippen LogP contribution in [0.2, 0.25) is 0 Å². The van der Waals surface area contributed by atoms with Crippen molar-refractivity contribution in [3.63, 3.8) is 0 Å². The van der Waals surface area contributed by atoms with Gasteiger partial charge in [-0.2, -0.15) is 0 Å². The van der Waals surface area contributed by atoms with Gasteiger partial charge in [-0.15, -0.1) is 0 Å². The van der Waals surface area contributed by atoms with Gasteiger partial charge in [0, 0.05) is 29.7 Å². The fourth-order valence-corrected chi connectivity index (χ4v) is 6.14. The molecule has 4 amide bonds. The number of anilines is 1. The summed E-state index contributed by atoms with van der Waals surface area (Å²) in [4.78, 5) is 70.4. The summed E-state index contributed by atoms with van der Waals surface area (Å²) in [5, 5.41) is 12.8. The van der Waals surface area contributed by atoms with Gasteiger partial charge in [-0.3, -0.25) is 24.0 Å². The Bertz CT molecular complexity index is 1740. The fraction of sp³-hybridized carbons (Fsp3) is 0.242. The number of carboxylic acid groups (broad SMARTS) is 1. The molecular weight excluding hydrogens is 562 g/mol. The predicted octanol–water partition coefficient (Wildman–Crippen LogP) is 2.74. The van der Waals surface area contributed by atoms with Crippen molar-refractivity contribution in [2.75, 3.05) is 18.0 Å². The van der Waals surface area contributed by atoms with Crippen molar-refractivity contribution in [3.8, 4) is 0 Å². The molecule has 1 fully saturated rings. The first-order chi connectivity index (χ1) is 21.1. The highest BCUT2D eigenvalue weighted by Crippen LogP contribution is 2.38. The maximum atomic E-state index is 14.5. The number of fused-ring (bicyclic) bond motifs is 1. The number of amides is 4. The third-order valence-corrected chi connectivity index (χ3v) is 8.10. The number of nitrogens with zero attached hydrogens (tertiary/aromatic N) is 3. The zero-order valence-electron chi connectivity index (χ0n) is 24.3. The van der Waals surface area contributed by atoms with Crippen molar-refractivity contribution < 1.29 is 29.1 Å². The van der Waals surface area contributed by atoms with Crippen LogP contribution in [0.4, 0.5) is 5.69 Å². The van der Waals surface area contributed by atoms with Crippen LogP contribution in [0.1, 0.15) is 29.9 Å². The maximum absolute atomic E-state index is 14.5. The second-order valence-electron chi connectivity index (χ2n) is 10.9. The van der Waals surface area contributed by atoms with E-state index < -0.39 is 53.6 Å². The van der Waals surface area contributed by atoms with Crippen LogP contribution in [0.25, 0.3) is 10.9 Å². The zero-order chi connectivity index (χ0) is 31.6. The van der Waals surface area contributed by atoms with Crippen molar-refractivity contribution >= 4 is 46.2 Å². The molecule has 226 valence electrons. The summed E-state index contributed by atoms with van der Waals surface area (Å²) in [6.45, 7) is 2.99. The minimum absolute atomic E-state index is 0.0226. The molecule has 1 aromatic heterocycles. The highest BCUT2D eigenvalue weighted by atomic mass is 16.4. The number of primary amides is 1. The second-order valence-corrected chi connectivity index (χ2v) is 10.9. The van der Waals surface area contributed by atoms with Crippen LogP contribution in [0.3, 0.4) is 0 Å². The number of nitrogens with one attached hydrogen (secondary N) is 1. The standard InChI is InChI=1S/C33H33N5O6/c1-21(2)33(32(34)44,23-12-5-3-6-13-23)38-18-17-36(24-14-7-4-8-15-24)30(42)28(31(38)43)35-29(41)26-19-22-11-9-10-16-25(22)37(26)20-27(39)40/h3-16,19,21,28H,17-18,20H2,1-2H3,(H2,34,44)(H,35,41)(H,39,40). The molecule has 44 heavy (non-hydrogen) atoms. The average Bonchev–Trinajstić information content (AvgIpc) is 3.31. The maximum Gasteiger partial charge on any atom is 0.323 e. The van der Waals surface area contributed by atoms with E-state index in [1.807, 2.05) is 0 Å². The van der Waals surface area contributed by atoms with E-state index >= 15 is 0 Å². The lowest BCUT2D eigenvalue weighted by Gasteiger charge is -2.45. The zero-order valence-corrected chi connectivity index (χ0v) is 24.3. The monoisotopic (exact) mass is 595 g/mol. The van der Waals surface area contributed by atoms with Gasteiger partial charge in [0.1, 0.15) is 17.8 Å². The smallest absolute Gasteiger partial charge is 0.323 e. The molecule has 0 saturated carbocycles. The van der Waals surface area contributed by atoms with Gasteiger partial charge in [0.15, 0.2) is 6.04 Å². The SMILES string of the molecule is CC(C)C(C(N)=O)(c1ccccc1)N1CCN(c2ccccc2)C(=O)C(NC(=O)c2cc3ccccc3n2CC(=O)O)C1=O. The van der Waals surface area contributed by atoms with Gasteiger partial charge in [-0.05, 0) is 35.7 Å². The van der Waals surface area contributed by atoms with E-state index in [9.17, 15) is 29.1 Å². The highest BCUT2D eigenvalue weighted by molar-refractivity contribution is 6.16. The average molecular weight is 596 g/mol. The molecule has 2 unspecified atom stereocenters. The van der Waals surface area contributed by atoms with Gasteiger partial charge in [-0.1, -0.05) is 80.6 Å². The number of nitrogens with two attached hydrogens (primary N) is 1. The number of hydrogen-bond donors (Lipinski definition) is 3. The van der Waals surface area contributed by atoms with Crippen LogP contribution in [0.5, 0.6) is 0 Å². The predicted molar refractivity (Wildman–Crippen MR) is 163 cm³/mol. The lowest BCUT2D eigenvalue weighted by Crippen LogP contribution is -2.64. The highest BCUT2D eigenvalue weighted by Gasteiger charge is 2.53. The number of carbonyl (C=O) groups is 5. The number of aliphatic carboxylic acids is 1. The van der Waals surface area contributed by atoms with Crippen LogP contribution in [-0.2, 0) is 31.3 Å². The molecule has 0 spiro atoms. The van der Waals surface area contributed by atoms with Crippen LogP contribution >= 0.6 is 0 Å². The Labute approximate surface area is 253 Å². The minimum atomic E-state index is -1.75. The van der Waals surface area contributed by atoms with Crippen molar-refractivity contribution in [1.29, 1.82) is 0 Å². The lowest BCUT2D eigenvalue weighted by molar-refractivity contribution is -0.152.